The van der Waals surface area contributed by atoms with Gasteiger partial charge in [0, 0.05) is 13.6 Å². The number of carbonyl (C=O) groups is 1. The summed E-state index contributed by atoms with van der Waals surface area (Å²) in [7, 11) is 1.66. The topological polar surface area (TPSA) is 103 Å². The van der Waals surface area contributed by atoms with Crippen LogP contribution in [-0.4, -0.2) is 24.6 Å². The minimum absolute atomic E-state index is 0.170. The number of nitrogens with zero attached hydrogens (tertiary/aromatic N) is 4. The lowest BCUT2D eigenvalue weighted by atomic mass is 10.2. The first-order valence-corrected chi connectivity index (χ1v) is 9.20. The van der Waals surface area contributed by atoms with Crippen LogP contribution in [0.5, 0.6) is 0 Å². The smallest absolute Gasteiger partial charge is 0.295 e. The average Bonchev–Trinajstić information content (AvgIpc) is 2.97. The van der Waals surface area contributed by atoms with Crippen LogP contribution in [0.25, 0.3) is 21.9 Å². The van der Waals surface area contributed by atoms with Gasteiger partial charge in [0.1, 0.15) is 6.54 Å². The van der Waals surface area contributed by atoms with Crippen molar-refractivity contribution in [1.82, 2.24) is 24.1 Å². The third-order valence-electron chi connectivity index (χ3n) is 4.85. The molecule has 9 nitrogen and oxygen atoms in total. The van der Waals surface area contributed by atoms with Crippen LogP contribution in [0.15, 0.2) is 58.1 Å². The molecule has 2 aromatic heterocycles. The maximum atomic E-state index is 12.6. The number of aromatic nitrogens is 4. The highest BCUT2D eigenvalue weighted by atomic mass is 16.2. The van der Waals surface area contributed by atoms with E-state index in [0.717, 1.165) is 5.52 Å². The van der Waals surface area contributed by atoms with E-state index in [1.165, 1.54) is 13.7 Å². The van der Waals surface area contributed by atoms with Gasteiger partial charge >= 0.3 is 5.69 Å². The fourth-order valence-corrected chi connectivity index (χ4v) is 3.38. The van der Waals surface area contributed by atoms with Gasteiger partial charge in [-0.15, -0.1) is 0 Å². The summed E-state index contributed by atoms with van der Waals surface area (Å²) in [5.74, 6) is -0.205. The summed E-state index contributed by atoms with van der Waals surface area (Å²) in [6, 6.07) is 14.3. The van der Waals surface area contributed by atoms with Crippen LogP contribution in [0.2, 0.25) is 0 Å². The second kappa shape index (κ2) is 7.27. The number of amides is 1. The number of anilines is 1. The minimum Gasteiger partial charge on any atom is -0.295 e. The van der Waals surface area contributed by atoms with Crippen LogP contribution in [0.3, 0.4) is 0 Å². The molecule has 148 valence electrons. The predicted octanol–water partition coefficient (Wildman–Crippen LogP) is 1.21. The first-order chi connectivity index (χ1) is 14.0. The second-order valence-corrected chi connectivity index (χ2v) is 6.59. The Hall–Kier alpha value is -3.88. The van der Waals surface area contributed by atoms with Gasteiger partial charge in [-0.25, -0.2) is 9.78 Å². The van der Waals surface area contributed by atoms with Gasteiger partial charge in [-0.1, -0.05) is 24.3 Å². The molecule has 0 unspecified atom stereocenters. The molecular formula is C20H20N6O3. The first-order valence-electron chi connectivity index (χ1n) is 9.20. The molecule has 0 saturated carbocycles. The van der Waals surface area contributed by atoms with Crippen molar-refractivity contribution in [3.05, 3.63) is 69.4 Å². The van der Waals surface area contributed by atoms with Crippen LogP contribution >= 0.6 is 0 Å². The van der Waals surface area contributed by atoms with Crippen molar-refractivity contribution in [3.8, 4) is 0 Å². The number of hydrazine groups is 1. The van der Waals surface area contributed by atoms with E-state index in [2.05, 4.69) is 15.8 Å². The lowest BCUT2D eigenvalue weighted by molar-refractivity contribution is -0.121. The van der Waals surface area contributed by atoms with Gasteiger partial charge in [0.2, 0.25) is 5.95 Å². The van der Waals surface area contributed by atoms with Crippen molar-refractivity contribution in [2.75, 3.05) is 5.43 Å². The summed E-state index contributed by atoms with van der Waals surface area (Å²) in [5.41, 5.74) is 6.73. The van der Waals surface area contributed by atoms with E-state index < -0.39 is 5.91 Å². The van der Waals surface area contributed by atoms with Gasteiger partial charge in [0.05, 0.1) is 21.9 Å². The minimum atomic E-state index is -0.437. The number of fused-ring (bicyclic) bond motifs is 2. The van der Waals surface area contributed by atoms with Crippen molar-refractivity contribution in [3.63, 3.8) is 0 Å². The molecule has 9 heteroatoms. The summed E-state index contributed by atoms with van der Waals surface area (Å²) in [4.78, 5) is 42.0. The lowest BCUT2D eigenvalue weighted by Crippen LogP contribution is -2.38. The Kier molecular flexibility index (Phi) is 4.63. The maximum Gasteiger partial charge on any atom is 0.329 e. The summed E-state index contributed by atoms with van der Waals surface area (Å²) in [5, 5.41) is 0.508. The standard InChI is InChI=1S/C20H20N6O3/c1-3-25-18(28)13-8-4-5-9-14(13)21-19(25)23-22-17(27)12-26-16-11-7-6-10-15(16)24(2)20(26)29/h4-11H,3,12H2,1-2H3,(H,21,23)(H,22,27). The summed E-state index contributed by atoms with van der Waals surface area (Å²) < 4.78 is 4.33. The Morgan fingerprint density at radius 3 is 2.45 bits per heavy atom. The predicted molar refractivity (Wildman–Crippen MR) is 111 cm³/mol. The van der Waals surface area contributed by atoms with E-state index in [0.29, 0.717) is 23.0 Å². The number of hydrogen-bond acceptors (Lipinski definition) is 5. The van der Waals surface area contributed by atoms with Crippen molar-refractivity contribution >= 4 is 33.8 Å². The largest absolute Gasteiger partial charge is 0.329 e. The molecule has 2 N–H and O–H groups in total. The molecule has 0 bridgehead atoms. The highest BCUT2D eigenvalue weighted by molar-refractivity contribution is 5.82. The number of carbonyl (C=O) groups excluding carboxylic acids is 1. The fourth-order valence-electron chi connectivity index (χ4n) is 3.38. The number of para-hydroxylation sites is 3. The molecule has 2 heterocycles. The molecule has 4 aromatic rings. The van der Waals surface area contributed by atoms with Crippen LogP contribution in [0.1, 0.15) is 6.92 Å². The number of nitrogens with one attached hydrogen (secondary N) is 2. The third-order valence-corrected chi connectivity index (χ3v) is 4.85. The Balaban J connectivity index is 1.59. The van der Waals surface area contributed by atoms with Crippen molar-refractivity contribution in [2.45, 2.75) is 20.0 Å². The number of aryl methyl sites for hydroxylation is 1. The molecular weight excluding hydrogens is 372 g/mol. The lowest BCUT2D eigenvalue weighted by Gasteiger charge is -2.14. The van der Waals surface area contributed by atoms with Crippen molar-refractivity contribution in [2.24, 2.45) is 7.05 Å². The summed E-state index contributed by atoms with van der Waals surface area (Å²) in [6.45, 7) is 2.04. The molecule has 0 spiro atoms. The van der Waals surface area contributed by atoms with Crippen LogP contribution in [0.4, 0.5) is 5.95 Å². The Morgan fingerprint density at radius 1 is 1.00 bits per heavy atom. The van der Waals surface area contributed by atoms with Crippen molar-refractivity contribution in [1.29, 1.82) is 0 Å². The molecule has 0 radical (unpaired) electrons. The van der Waals surface area contributed by atoms with Gasteiger partial charge in [-0.3, -0.25) is 34.1 Å². The van der Waals surface area contributed by atoms with Crippen LogP contribution in [-0.2, 0) is 24.9 Å². The van der Waals surface area contributed by atoms with E-state index in [9.17, 15) is 14.4 Å². The summed E-state index contributed by atoms with van der Waals surface area (Å²) in [6.07, 6.45) is 0. The number of imidazole rings is 1. The zero-order valence-electron chi connectivity index (χ0n) is 16.0. The van der Waals surface area contributed by atoms with E-state index >= 15 is 0 Å². The third kappa shape index (κ3) is 3.16. The van der Waals surface area contributed by atoms with Crippen LogP contribution < -0.4 is 22.1 Å². The van der Waals surface area contributed by atoms with Gasteiger partial charge in [-0.05, 0) is 31.2 Å². The number of hydrogen-bond donors (Lipinski definition) is 2. The SMILES string of the molecule is CCn1c(NNC(=O)Cn2c(=O)n(C)c3ccccc32)nc2ccccc2c1=O. The maximum absolute atomic E-state index is 12.6. The van der Waals surface area contributed by atoms with Gasteiger partial charge < -0.3 is 0 Å². The molecule has 0 fully saturated rings. The molecule has 29 heavy (non-hydrogen) atoms. The Bertz CT molecular complexity index is 1350. The molecule has 0 aliphatic carbocycles. The quantitative estimate of drug-likeness (QED) is 0.497. The molecule has 0 aliphatic heterocycles. The van der Waals surface area contributed by atoms with Gasteiger partial charge in [0.25, 0.3) is 11.5 Å². The van der Waals surface area contributed by atoms with Crippen LogP contribution in [0, 0.1) is 0 Å². The molecule has 4 rings (SSSR count). The normalized spacial score (nSPS) is 11.1. The van der Waals surface area contributed by atoms with E-state index in [1.807, 2.05) is 25.1 Å². The molecule has 0 aliphatic rings. The Morgan fingerprint density at radius 2 is 1.69 bits per heavy atom. The van der Waals surface area contributed by atoms with Crippen molar-refractivity contribution < 1.29 is 4.79 Å². The number of benzene rings is 2. The Labute approximate surface area is 165 Å². The average molecular weight is 392 g/mol. The number of rotatable bonds is 5. The van der Waals surface area contributed by atoms with Gasteiger partial charge in [0.15, 0.2) is 0 Å². The first kappa shape index (κ1) is 18.5. The summed E-state index contributed by atoms with van der Waals surface area (Å²) >= 11 is 0. The highest BCUT2D eigenvalue weighted by Gasteiger charge is 2.14. The monoisotopic (exact) mass is 392 g/mol. The second-order valence-electron chi connectivity index (χ2n) is 6.59. The molecule has 0 atom stereocenters. The van der Waals surface area contributed by atoms with Gasteiger partial charge in [-0.2, -0.15) is 0 Å². The van der Waals surface area contributed by atoms with E-state index in [4.69, 9.17) is 0 Å². The molecule has 0 saturated heterocycles. The zero-order valence-corrected chi connectivity index (χ0v) is 16.0. The zero-order chi connectivity index (χ0) is 20.5. The highest BCUT2D eigenvalue weighted by Crippen LogP contribution is 2.12. The molecule has 1 amide bonds. The fraction of sp³-hybridized carbons (Fsp3) is 0.200. The van der Waals surface area contributed by atoms with E-state index in [1.54, 1.807) is 37.4 Å². The molecule has 2 aromatic carbocycles. The van der Waals surface area contributed by atoms with E-state index in [-0.39, 0.29) is 23.7 Å².